The van der Waals surface area contributed by atoms with Gasteiger partial charge >= 0.3 is 5.97 Å². The van der Waals surface area contributed by atoms with Crippen LogP contribution in [0.3, 0.4) is 0 Å². The minimum Gasteiger partial charge on any atom is -0.508 e. The first-order valence-corrected chi connectivity index (χ1v) is 16.5. The Morgan fingerprint density at radius 1 is 0.673 bits per heavy atom. The molecule has 0 spiro atoms. The number of hydrogen-bond donors (Lipinski definition) is 13. The smallest absolute Gasteiger partial charge is 0.335 e. The number of aliphatic carboxylic acids is 1. The van der Waals surface area contributed by atoms with Crippen LogP contribution >= 0.6 is 0 Å². The third-order valence-electron chi connectivity index (χ3n) is 9.30. The van der Waals surface area contributed by atoms with Gasteiger partial charge in [-0.25, -0.2) is 4.79 Å². The fraction of sp³-hybridized carbons (Fsp3) is 0.515. The number of carboxylic acids is 1. The summed E-state index contributed by atoms with van der Waals surface area (Å²) in [5.41, 5.74) is -1.53. The van der Waals surface area contributed by atoms with E-state index in [1.165, 1.54) is 24.3 Å². The molecule has 3 saturated heterocycles. The Hall–Kier alpha value is -4.24. The predicted octanol–water partition coefficient (Wildman–Crippen LogP) is -4.85. The van der Waals surface area contributed by atoms with Gasteiger partial charge in [0.15, 0.2) is 24.3 Å². The lowest BCUT2D eigenvalue weighted by atomic mass is 9.97. The van der Waals surface area contributed by atoms with Crippen molar-refractivity contribution in [2.75, 3.05) is 13.2 Å². The maximum absolute atomic E-state index is 14.2. The second-order valence-corrected chi connectivity index (χ2v) is 12.9. The summed E-state index contributed by atoms with van der Waals surface area (Å²) in [7, 11) is 0. The molecular weight excluding hydrogens is 748 g/mol. The van der Waals surface area contributed by atoms with Crippen molar-refractivity contribution in [1.29, 1.82) is 0 Å². The van der Waals surface area contributed by atoms with Crippen LogP contribution in [0, 0.1) is 0 Å². The Kier molecular flexibility index (Phi) is 11.8. The Balaban J connectivity index is 1.41. The van der Waals surface area contributed by atoms with E-state index < -0.39 is 151 Å². The second kappa shape index (κ2) is 16.1. The molecule has 0 bridgehead atoms. The molecule has 15 atom stereocenters. The molecule has 0 radical (unpaired) electrons. The van der Waals surface area contributed by atoms with Crippen LogP contribution in [0.5, 0.6) is 23.0 Å². The highest BCUT2D eigenvalue weighted by molar-refractivity contribution is 5.88. The van der Waals surface area contributed by atoms with E-state index in [0.29, 0.717) is 0 Å². The van der Waals surface area contributed by atoms with E-state index in [2.05, 4.69) is 0 Å². The highest BCUT2D eigenvalue weighted by Crippen LogP contribution is 2.39. The quantitative estimate of drug-likeness (QED) is 0.0916. The van der Waals surface area contributed by atoms with E-state index in [1.807, 2.05) is 0 Å². The summed E-state index contributed by atoms with van der Waals surface area (Å²) in [5.74, 6) is -4.37. The molecule has 0 unspecified atom stereocenters. The number of hydrogen-bond acceptors (Lipinski definition) is 21. The summed E-state index contributed by atoms with van der Waals surface area (Å²) in [6.45, 7) is -1.76. The first-order chi connectivity index (χ1) is 26.1. The number of phenols is 2. The van der Waals surface area contributed by atoms with Crippen LogP contribution in [0.1, 0.15) is 0 Å². The van der Waals surface area contributed by atoms with Crippen LogP contribution in [0.15, 0.2) is 45.6 Å². The molecule has 0 aliphatic carbocycles. The summed E-state index contributed by atoms with van der Waals surface area (Å²) in [5, 5.41) is 133. The normalized spacial score (nSPS) is 36.7. The fourth-order valence-electron chi connectivity index (χ4n) is 6.27. The van der Waals surface area contributed by atoms with Gasteiger partial charge in [-0.2, -0.15) is 0 Å². The molecule has 22 heteroatoms. The van der Waals surface area contributed by atoms with Crippen molar-refractivity contribution in [2.24, 2.45) is 0 Å². The van der Waals surface area contributed by atoms with E-state index in [4.69, 9.17) is 32.8 Å². The minimum absolute atomic E-state index is 0.0339. The number of fused-ring (bicyclic) bond motifs is 1. The van der Waals surface area contributed by atoms with Gasteiger partial charge in [-0.3, -0.25) is 4.79 Å². The molecule has 3 fully saturated rings. The molecule has 3 aliphatic heterocycles. The molecule has 2 aromatic carbocycles. The maximum atomic E-state index is 14.2. The summed E-state index contributed by atoms with van der Waals surface area (Å²) in [6.07, 6.45) is -28.6. The van der Waals surface area contributed by atoms with E-state index in [0.717, 1.165) is 12.1 Å². The summed E-state index contributed by atoms with van der Waals surface area (Å²) < 4.78 is 39.2. The van der Waals surface area contributed by atoms with Gasteiger partial charge in [0.25, 0.3) is 0 Å². The molecule has 0 saturated carbocycles. The van der Waals surface area contributed by atoms with Crippen molar-refractivity contribution in [3.05, 3.63) is 46.6 Å². The maximum Gasteiger partial charge on any atom is 0.335 e. The minimum atomic E-state index is -2.03. The zero-order valence-corrected chi connectivity index (χ0v) is 28.0. The van der Waals surface area contributed by atoms with Crippen molar-refractivity contribution in [2.45, 2.75) is 92.1 Å². The fourth-order valence-corrected chi connectivity index (χ4v) is 6.27. The van der Waals surface area contributed by atoms with Crippen LogP contribution < -0.4 is 14.9 Å². The van der Waals surface area contributed by atoms with E-state index in [-0.39, 0.29) is 11.3 Å². The molecule has 22 nitrogen and oxygen atoms in total. The Morgan fingerprint density at radius 3 is 1.87 bits per heavy atom. The summed E-state index contributed by atoms with van der Waals surface area (Å²) in [6, 6.07) is 6.79. The molecular formula is C33H38O22. The number of aromatic hydroxyl groups is 2. The number of rotatable bonds is 10. The van der Waals surface area contributed by atoms with Gasteiger partial charge in [-0.1, -0.05) is 0 Å². The molecule has 302 valence electrons. The number of phenolic OH excluding ortho intramolecular Hbond substituents is 2. The first-order valence-electron chi connectivity index (χ1n) is 16.5. The molecule has 3 aromatic rings. The van der Waals surface area contributed by atoms with Gasteiger partial charge in [0.05, 0.1) is 13.2 Å². The van der Waals surface area contributed by atoms with Crippen molar-refractivity contribution >= 4 is 16.9 Å². The van der Waals surface area contributed by atoms with Crippen molar-refractivity contribution in [1.82, 2.24) is 0 Å². The number of carboxylic acid groups (broad SMARTS) is 1. The Labute approximate surface area is 307 Å². The number of ether oxygens (including phenoxy) is 6. The monoisotopic (exact) mass is 786 g/mol. The van der Waals surface area contributed by atoms with Gasteiger partial charge in [0.1, 0.15) is 89.3 Å². The molecule has 0 amide bonds. The zero-order chi connectivity index (χ0) is 40.0. The lowest BCUT2D eigenvalue weighted by molar-refractivity contribution is -0.358. The molecule has 6 rings (SSSR count). The number of aliphatic hydroxyl groups is 10. The number of carbonyl (C=O) groups is 1. The molecule has 4 heterocycles. The Bertz CT molecular complexity index is 1880. The third-order valence-corrected chi connectivity index (χ3v) is 9.30. The van der Waals surface area contributed by atoms with Crippen molar-refractivity contribution in [3.63, 3.8) is 0 Å². The SMILES string of the molecule is O=C(O)[C@@H]1O[C@@H](Oc2cc(O)c3c(=O)c(O[C@@H]4O[C@H](CO)[C@@H](O)[C@H](O)[C@H]4O[C@@H]4O[C@H](CO)[C@@H](O)[C@H](O)[C@H]4O)c(-c4ccc(O)cc4)oc3c2)[C@H](O)[C@@H](O)[C@@H]1O. The van der Waals surface area contributed by atoms with Crippen LogP contribution in [0.25, 0.3) is 22.3 Å². The highest BCUT2D eigenvalue weighted by atomic mass is 16.8. The van der Waals surface area contributed by atoms with Crippen LogP contribution in [0.4, 0.5) is 0 Å². The largest absolute Gasteiger partial charge is 0.508 e. The zero-order valence-electron chi connectivity index (χ0n) is 28.0. The van der Waals surface area contributed by atoms with Crippen molar-refractivity contribution < 1.29 is 104 Å². The second-order valence-electron chi connectivity index (χ2n) is 12.9. The van der Waals surface area contributed by atoms with Crippen LogP contribution in [-0.2, 0) is 23.7 Å². The third kappa shape index (κ3) is 7.66. The van der Waals surface area contributed by atoms with Crippen LogP contribution in [-0.4, -0.2) is 178 Å². The first kappa shape index (κ1) is 40.4. The van der Waals surface area contributed by atoms with Gasteiger partial charge in [0, 0.05) is 17.7 Å². The van der Waals surface area contributed by atoms with Gasteiger partial charge in [-0.05, 0) is 24.3 Å². The number of benzene rings is 2. The summed E-state index contributed by atoms with van der Waals surface area (Å²) >= 11 is 0. The summed E-state index contributed by atoms with van der Waals surface area (Å²) in [4.78, 5) is 25.8. The lowest BCUT2D eigenvalue weighted by Crippen LogP contribution is -2.65. The standard InChI is InChI=1S/C33H38O22/c34-7-14-17(38)20(41)24(45)32(51-14)55-29-22(43)18(39)15(8-35)52-33(29)53-27-19(40)16-12(37)5-11(6-13(16)50-26(27)9-1-3-10(36)4-2-9)49-31-25(46)21(42)23(44)28(54-31)30(47)48/h1-6,14-15,17-18,20-25,28-29,31-39,41-46H,7-8H2,(H,47,48)/t14-,15-,17-,18-,20+,21+,22+,23+,24-,25-,28-,29-,31-,32+,33+/m1/s1. The van der Waals surface area contributed by atoms with Gasteiger partial charge < -0.3 is 99.2 Å². The molecule has 3 aliphatic rings. The lowest BCUT2D eigenvalue weighted by Gasteiger charge is -2.45. The van der Waals surface area contributed by atoms with Gasteiger partial charge in [0.2, 0.25) is 23.8 Å². The van der Waals surface area contributed by atoms with Crippen molar-refractivity contribution in [3.8, 4) is 34.3 Å². The molecule has 13 N–H and O–H groups in total. The van der Waals surface area contributed by atoms with Crippen LogP contribution in [0.2, 0.25) is 0 Å². The Morgan fingerprint density at radius 2 is 1.25 bits per heavy atom. The topological polar surface area (TPSA) is 366 Å². The van der Waals surface area contributed by atoms with Gasteiger partial charge in [-0.15, -0.1) is 0 Å². The van der Waals surface area contributed by atoms with E-state index in [9.17, 15) is 76.0 Å². The van der Waals surface area contributed by atoms with E-state index in [1.54, 1.807) is 0 Å². The predicted molar refractivity (Wildman–Crippen MR) is 173 cm³/mol. The molecule has 55 heavy (non-hydrogen) atoms. The average Bonchev–Trinajstić information content (AvgIpc) is 3.15. The van der Waals surface area contributed by atoms with E-state index >= 15 is 0 Å². The number of aliphatic hydroxyl groups excluding tert-OH is 10. The average molecular weight is 787 g/mol. The molecule has 1 aromatic heterocycles. The highest BCUT2D eigenvalue weighted by Gasteiger charge is 2.52.